The smallest absolute Gasteiger partial charge is 0.254 e. The van der Waals surface area contributed by atoms with Crippen molar-refractivity contribution >= 4 is 11.6 Å². The quantitative estimate of drug-likeness (QED) is 0.883. The predicted molar refractivity (Wildman–Crippen MR) is 91.8 cm³/mol. The summed E-state index contributed by atoms with van der Waals surface area (Å²) in [4.78, 5) is 17.3. The number of rotatable bonds is 2. The zero-order valence-electron chi connectivity index (χ0n) is 14.3. The topological polar surface area (TPSA) is 85.3 Å². The van der Waals surface area contributed by atoms with Gasteiger partial charge in [-0.2, -0.15) is 5.10 Å². The van der Waals surface area contributed by atoms with Crippen LogP contribution in [0.5, 0.6) is 0 Å². The van der Waals surface area contributed by atoms with Crippen LogP contribution in [0, 0.1) is 25.7 Å². The number of carbonyl (C=O) groups excluding carboxylic acids is 1. The molecular weight excluding hydrogens is 302 g/mol. The maximum atomic E-state index is 12.9. The number of hydrogen-bond acceptors (Lipinski definition) is 4. The molecule has 0 spiro atoms. The summed E-state index contributed by atoms with van der Waals surface area (Å²) in [6.45, 7) is 3.86. The SMILES string of the molecule is Cc1cc2ncc(C(=O)NC3C4CCCC3CC(N)C4)c(C)n2n1. The third-order valence-electron chi connectivity index (χ3n) is 5.77. The number of amides is 1. The van der Waals surface area contributed by atoms with Crippen LogP contribution >= 0.6 is 0 Å². The second kappa shape index (κ2) is 5.84. The first kappa shape index (κ1) is 15.6. The van der Waals surface area contributed by atoms with Crippen molar-refractivity contribution in [3.8, 4) is 0 Å². The largest absolute Gasteiger partial charge is 0.349 e. The van der Waals surface area contributed by atoms with E-state index in [4.69, 9.17) is 5.73 Å². The van der Waals surface area contributed by atoms with Gasteiger partial charge in [-0.15, -0.1) is 0 Å². The van der Waals surface area contributed by atoms with Crippen LogP contribution in [0.3, 0.4) is 0 Å². The number of nitrogens with zero attached hydrogens (tertiary/aromatic N) is 3. The molecule has 6 nitrogen and oxygen atoms in total. The normalized spacial score (nSPS) is 29.6. The molecule has 24 heavy (non-hydrogen) atoms. The highest BCUT2D eigenvalue weighted by atomic mass is 16.1. The van der Waals surface area contributed by atoms with Crippen molar-refractivity contribution in [1.29, 1.82) is 0 Å². The first-order valence-corrected chi connectivity index (χ1v) is 8.91. The zero-order chi connectivity index (χ0) is 16.8. The summed E-state index contributed by atoms with van der Waals surface area (Å²) < 4.78 is 1.75. The van der Waals surface area contributed by atoms with Crippen LogP contribution in [-0.2, 0) is 0 Å². The van der Waals surface area contributed by atoms with Crippen molar-refractivity contribution in [2.24, 2.45) is 17.6 Å². The number of aromatic nitrogens is 3. The molecule has 0 aliphatic heterocycles. The minimum Gasteiger partial charge on any atom is -0.349 e. The summed E-state index contributed by atoms with van der Waals surface area (Å²) in [5.74, 6) is 0.994. The molecule has 2 heterocycles. The van der Waals surface area contributed by atoms with Crippen LogP contribution in [0.2, 0.25) is 0 Å². The standard InChI is InChI=1S/C18H25N5O/c1-10-6-16-20-9-15(11(2)23(16)22-10)18(24)21-17-12-4-3-5-13(17)8-14(19)7-12/h6,9,12-14,17H,3-5,7-8,19H2,1-2H3,(H,21,24). The second-order valence-corrected chi connectivity index (χ2v) is 7.49. The van der Waals surface area contributed by atoms with Gasteiger partial charge in [0.1, 0.15) is 0 Å². The lowest BCUT2D eigenvalue weighted by atomic mass is 9.67. The van der Waals surface area contributed by atoms with Crippen LogP contribution in [0.15, 0.2) is 12.3 Å². The van der Waals surface area contributed by atoms with E-state index in [0.717, 1.165) is 29.9 Å². The van der Waals surface area contributed by atoms with Gasteiger partial charge in [0.2, 0.25) is 0 Å². The molecule has 2 saturated carbocycles. The van der Waals surface area contributed by atoms with E-state index in [1.807, 2.05) is 19.9 Å². The van der Waals surface area contributed by atoms with E-state index in [1.54, 1.807) is 10.7 Å². The highest BCUT2D eigenvalue weighted by Gasteiger charge is 2.40. The van der Waals surface area contributed by atoms with Gasteiger partial charge in [-0.05, 0) is 51.4 Å². The number of carbonyl (C=O) groups is 1. The van der Waals surface area contributed by atoms with Crippen molar-refractivity contribution < 1.29 is 4.79 Å². The fraction of sp³-hybridized carbons (Fsp3) is 0.611. The molecular formula is C18H25N5O. The van der Waals surface area contributed by atoms with Gasteiger partial charge in [-0.1, -0.05) is 6.42 Å². The Kier molecular flexibility index (Phi) is 3.79. The lowest BCUT2D eigenvalue weighted by molar-refractivity contribution is 0.0754. The molecule has 0 radical (unpaired) electrons. The average molecular weight is 327 g/mol. The monoisotopic (exact) mass is 327 g/mol. The minimum atomic E-state index is -0.0348. The Morgan fingerprint density at radius 1 is 1.29 bits per heavy atom. The number of hydrogen-bond donors (Lipinski definition) is 2. The molecule has 6 heteroatoms. The molecule has 2 aromatic heterocycles. The second-order valence-electron chi connectivity index (χ2n) is 7.49. The van der Waals surface area contributed by atoms with E-state index >= 15 is 0 Å². The van der Waals surface area contributed by atoms with Crippen LogP contribution in [0.25, 0.3) is 5.65 Å². The number of aryl methyl sites for hydroxylation is 2. The summed E-state index contributed by atoms with van der Waals surface area (Å²) in [6, 6.07) is 2.46. The zero-order valence-corrected chi connectivity index (χ0v) is 14.3. The molecule has 1 amide bonds. The maximum Gasteiger partial charge on any atom is 0.254 e. The fourth-order valence-corrected chi connectivity index (χ4v) is 4.64. The van der Waals surface area contributed by atoms with Gasteiger partial charge in [0.05, 0.1) is 17.0 Å². The van der Waals surface area contributed by atoms with Crippen LogP contribution < -0.4 is 11.1 Å². The molecule has 2 bridgehead atoms. The molecule has 3 N–H and O–H groups in total. The first-order chi connectivity index (χ1) is 11.5. The molecule has 128 valence electrons. The van der Waals surface area contributed by atoms with E-state index in [1.165, 1.54) is 19.3 Å². The molecule has 2 unspecified atom stereocenters. The van der Waals surface area contributed by atoms with E-state index in [0.29, 0.717) is 23.4 Å². The van der Waals surface area contributed by atoms with E-state index in [9.17, 15) is 4.79 Å². The Labute approximate surface area is 141 Å². The summed E-state index contributed by atoms with van der Waals surface area (Å²) in [6.07, 6.45) is 7.32. The molecule has 2 fully saturated rings. The summed E-state index contributed by atoms with van der Waals surface area (Å²) in [5.41, 5.74) is 9.31. The van der Waals surface area contributed by atoms with E-state index < -0.39 is 0 Å². The van der Waals surface area contributed by atoms with Gasteiger partial charge in [-0.25, -0.2) is 9.50 Å². The van der Waals surface area contributed by atoms with Crippen LogP contribution in [0.4, 0.5) is 0 Å². The fourth-order valence-electron chi connectivity index (χ4n) is 4.64. The maximum absolute atomic E-state index is 12.9. The molecule has 0 aromatic carbocycles. The van der Waals surface area contributed by atoms with Crippen molar-refractivity contribution in [1.82, 2.24) is 19.9 Å². The molecule has 0 saturated heterocycles. The average Bonchev–Trinajstić information content (AvgIpc) is 2.90. The van der Waals surface area contributed by atoms with E-state index in [-0.39, 0.29) is 11.9 Å². The summed E-state index contributed by atoms with van der Waals surface area (Å²) in [5, 5.41) is 7.72. The van der Waals surface area contributed by atoms with Crippen molar-refractivity contribution in [3.63, 3.8) is 0 Å². The molecule has 2 aromatic rings. The lowest BCUT2D eigenvalue weighted by Gasteiger charge is -2.45. The Hall–Kier alpha value is -1.95. The van der Waals surface area contributed by atoms with Gasteiger partial charge in [-0.3, -0.25) is 4.79 Å². The highest BCUT2D eigenvalue weighted by molar-refractivity contribution is 5.95. The minimum absolute atomic E-state index is 0.0348. The van der Waals surface area contributed by atoms with Gasteiger partial charge in [0.25, 0.3) is 5.91 Å². The number of nitrogens with one attached hydrogen (secondary N) is 1. The van der Waals surface area contributed by atoms with Crippen LogP contribution in [0.1, 0.15) is 53.8 Å². The third kappa shape index (κ3) is 2.59. The molecule has 2 atom stereocenters. The predicted octanol–water partition coefficient (Wildman–Crippen LogP) is 1.98. The highest BCUT2D eigenvalue weighted by Crippen LogP contribution is 2.39. The first-order valence-electron chi connectivity index (χ1n) is 8.91. The summed E-state index contributed by atoms with van der Waals surface area (Å²) >= 11 is 0. The van der Waals surface area contributed by atoms with Crippen molar-refractivity contribution in [2.45, 2.75) is 58.0 Å². The number of nitrogens with two attached hydrogens (primary N) is 1. The van der Waals surface area contributed by atoms with Gasteiger partial charge < -0.3 is 11.1 Å². The Bertz CT molecular complexity index is 769. The Morgan fingerprint density at radius 3 is 2.71 bits per heavy atom. The van der Waals surface area contributed by atoms with Crippen LogP contribution in [-0.4, -0.2) is 32.6 Å². The Morgan fingerprint density at radius 2 is 2.00 bits per heavy atom. The number of fused-ring (bicyclic) bond motifs is 3. The van der Waals surface area contributed by atoms with E-state index in [2.05, 4.69) is 15.4 Å². The van der Waals surface area contributed by atoms with Gasteiger partial charge >= 0.3 is 0 Å². The Balaban J connectivity index is 1.59. The molecule has 2 aliphatic rings. The lowest BCUT2D eigenvalue weighted by Crippen LogP contribution is -2.53. The van der Waals surface area contributed by atoms with Crippen molar-refractivity contribution in [2.75, 3.05) is 0 Å². The van der Waals surface area contributed by atoms with Crippen molar-refractivity contribution in [3.05, 3.63) is 29.2 Å². The molecule has 4 rings (SSSR count). The summed E-state index contributed by atoms with van der Waals surface area (Å²) in [7, 11) is 0. The third-order valence-corrected chi connectivity index (χ3v) is 5.77. The molecule has 2 aliphatic carbocycles. The van der Waals surface area contributed by atoms with Gasteiger partial charge in [0.15, 0.2) is 5.65 Å². The van der Waals surface area contributed by atoms with Gasteiger partial charge in [0, 0.05) is 24.3 Å².